The van der Waals surface area contributed by atoms with E-state index in [1.54, 1.807) is 66.7 Å². The van der Waals surface area contributed by atoms with Crippen LogP contribution in [0.1, 0.15) is 22.6 Å². The van der Waals surface area contributed by atoms with Crippen LogP contribution in [0.2, 0.25) is 0 Å². The number of hydrogen-bond donors (Lipinski definition) is 2. The molecule has 3 heterocycles. The van der Waals surface area contributed by atoms with Crippen LogP contribution in [0, 0.1) is 0 Å². The second-order valence-corrected chi connectivity index (χ2v) is 8.64. The molecule has 0 unspecified atom stereocenters. The third-order valence-electron chi connectivity index (χ3n) is 6.52. The molecule has 1 aliphatic heterocycles. The number of para-hydroxylation sites is 2. The molecule has 0 atom stereocenters. The zero-order chi connectivity index (χ0) is 24.8. The van der Waals surface area contributed by atoms with Gasteiger partial charge < -0.3 is 28.5 Å². The van der Waals surface area contributed by atoms with Crippen molar-refractivity contribution in [1.29, 1.82) is 0 Å². The van der Waals surface area contributed by atoms with Crippen molar-refractivity contribution in [3.63, 3.8) is 0 Å². The van der Waals surface area contributed by atoms with Gasteiger partial charge in [-0.1, -0.05) is 30.3 Å². The normalized spacial score (nSPS) is 12.6. The molecule has 0 radical (unpaired) electrons. The first-order valence-electron chi connectivity index (χ1n) is 11.4. The third kappa shape index (κ3) is 3.63. The topological polar surface area (TPSA) is 119 Å². The molecular weight excluding hydrogens is 464 g/mol. The van der Waals surface area contributed by atoms with Crippen molar-refractivity contribution >= 4 is 21.9 Å². The Labute approximate surface area is 203 Å². The Morgan fingerprint density at radius 3 is 1.81 bits per heavy atom. The maximum absolute atomic E-state index is 12.9. The minimum Gasteiger partial charge on any atom is -0.507 e. The average molecular weight is 484 g/mol. The number of rotatable bonds is 5. The second-order valence-electron chi connectivity index (χ2n) is 8.64. The fourth-order valence-corrected chi connectivity index (χ4v) is 4.67. The maximum Gasteiger partial charge on any atom is 0.343 e. The van der Waals surface area contributed by atoms with Gasteiger partial charge in [0.05, 0.1) is 21.9 Å². The fourth-order valence-electron chi connectivity index (χ4n) is 4.67. The molecule has 0 bridgehead atoms. The summed E-state index contributed by atoms with van der Waals surface area (Å²) in [6.45, 7) is 0.0908. The molecule has 0 spiro atoms. The van der Waals surface area contributed by atoms with Gasteiger partial charge in [-0.25, -0.2) is 9.59 Å². The van der Waals surface area contributed by atoms with Gasteiger partial charge in [-0.15, -0.1) is 0 Å². The highest BCUT2D eigenvalue weighted by Gasteiger charge is 2.26. The van der Waals surface area contributed by atoms with Crippen molar-refractivity contribution in [1.82, 2.24) is 0 Å². The molecule has 0 fully saturated rings. The van der Waals surface area contributed by atoms with E-state index in [9.17, 15) is 19.8 Å². The van der Waals surface area contributed by atoms with Gasteiger partial charge in [-0.2, -0.15) is 0 Å². The van der Waals surface area contributed by atoms with Crippen LogP contribution in [-0.2, 0) is 12.8 Å². The van der Waals surface area contributed by atoms with Crippen LogP contribution in [-0.4, -0.2) is 17.0 Å². The van der Waals surface area contributed by atoms with E-state index in [0.29, 0.717) is 22.3 Å². The molecule has 0 saturated carbocycles. The summed E-state index contributed by atoms with van der Waals surface area (Å²) < 4.78 is 21.8. The number of benzene rings is 3. The van der Waals surface area contributed by atoms with Crippen molar-refractivity contribution in [2.24, 2.45) is 0 Å². The van der Waals surface area contributed by atoms with E-state index in [4.69, 9.17) is 18.3 Å². The standard InChI is InChI=1S/C28H20O8/c29-25-17-5-1-3-7-21(17)35-27(31)19(25)11-16(15-9-10-23-24(13-15)34-14-33-23)12-20-26(30)18-6-2-4-8-22(18)36-28(20)32/h1-10,13,16,29-30H,11-12,14H2. The van der Waals surface area contributed by atoms with Crippen LogP contribution >= 0.6 is 0 Å². The summed E-state index contributed by atoms with van der Waals surface area (Å²) in [4.78, 5) is 25.7. The van der Waals surface area contributed by atoms with Gasteiger partial charge in [0.15, 0.2) is 11.5 Å². The van der Waals surface area contributed by atoms with Gasteiger partial charge >= 0.3 is 11.3 Å². The van der Waals surface area contributed by atoms with Crippen molar-refractivity contribution in [2.75, 3.05) is 6.79 Å². The average Bonchev–Trinajstić information content (AvgIpc) is 3.36. The van der Waals surface area contributed by atoms with Crippen LogP contribution in [0.15, 0.2) is 85.2 Å². The monoisotopic (exact) mass is 484 g/mol. The second kappa shape index (κ2) is 8.49. The molecule has 180 valence electrons. The maximum atomic E-state index is 12.9. The van der Waals surface area contributed by atoms with Crippen LogP contribution in [0.3, 0.4) is 0 Å². The molecule has 1 aliphatic rings. The zero-order valence-corrected chi connectivity index (χ0v) is 18.9. The van der Waals surface area contributed by atoms with Gasteiger partial charge in [-0.3, -0.25) is 0 Å². The lowest BCUT2D eigenvalue weighted by atomic mass is 9.86. The van der Waals surface area contributed by atoms with Crippen LogP contribution in [0.4, 0.5) is 0 Å². The van der Waals surface area contributed by atoms with Gasteiger partial charge in [0.2, 0.25) is 6.79 Å². The van der Waals surface area contributed by atoms with Crippen LogP contribution < -0.4 is 20.7 Å². The minimum absolute atomic E-state index is 0.0321. The Balaban J connectivity index is 1.48. The molecule has 8 nitrogen and oxygen atoms in total. The first kappa shape index (κ1) is 21.8. The Hall–Kier alpha value is -4.72. The summed E-state index contributed by atoms with van der Waals surface area (Å²) in [5, 5.41) is 22.7. The number of aromatic hydroxyl groups is 2. The smallest absolute Gasteiger partial charge is 0.343 e. The van der Waals surface area contributed by atoms with E-state index in [1.807, 2.05) is 0 Å². The molecule has 5 aromatic rings. The zero-order valence-electron chi connectivity index (χ0n) is 18.9. The number of hydrogen-bond acceptors (Lipinski definition) is 8. The van der Waals surface area contributed by atoms with Crippen LogP contribution in [0.25, 0.3) is 21.9 Å². The largest absolute Gasteiger partial charge is 0.507 e. The first-order chi connectivity index (χ1) is 17.5. The van der Waals surface area contributed by atoms with Gasteiger partial charge in [-0.05, 0) is 60.7 Å². The Kier molecular flexibility index (Phi) is 5.14. The SMILES string of the molecule is O=c1oc2ccccc2c(O)c1CC(Cc1c(O)c2ccccc2oc1=O)c1ccc2c(c1)OCO2. The lowest BCUT2D eigenvalue weighted by molar-refractivity contribution is 0.174. The molecule has 2 N–H and O–H groups in total. The highest BCUT2D eigenvalue weighted by molar-refractivity contribution is 5.84. The summed E-state index contributed by atoms with van der Waals surface area (Å²) in [6.07, 6.45) is 0.0642. The molecule has 6 rings (SSSR count). The summed E-state index contributed by atoms with van der Waals surface area (Å²) in [5.41, 5.74) is 0.0612. The van der Waals surface area contributed by atoms with E-state index in [0.717, 1.165) is 5.56 Å². The highest BCUT2D eigenvalue weighted by atomic mass is 16.7. The molecule has 3 aromatic carbocycles. The lowest BCUT2D eigenvalue weighted by Crippen LogP contribution is -2.18. The van der Waals surface area contributed by atoms with Crippen molar-refractivity contribution in [3.05, 3.63) is 104 Å². The first-order valence-corrected chi connectivity index (χ1v) is 11.4. The molecule has 2 aromatic heterocycles. The summed E-state index contributed by atoms with van der Waals surface area (Å²) in [6, 6.07) is 18.7. The minimum atomic E-state index is -0.674. The molecule has 8 heteroatoms. The van der Waals surface area contributed by atoms with E-state index >= 15 is 0 Å². The predicted molar refractivity (Wildman–Crippen MR) is 131 cm³/mol. The number of fused-ring (bicyclic) bond motifs is 3. The van der Waals surface area contributed by atoms with E-state index in [1.165, 1.54) is 0 Å². The van der Waals surface area contributed by atoms with Gasteiger partial charge in [0.1, 0.15) is 22.7 Å². The Morgan fingerprint density at radius 1 is 0.694 bits per heavy atom. The number of ether oxygens (including phenoxy) is 2. The Bertz CT molecular complexity index is 1650. The van der Waals surface area contributed by atoms with E-state index in [2.05, 4.69) is 0 Å². The summed E-state index contributed by atoms with van der Waals surface area (Å²) in [5.74, 6) is 0.231. The molecule has 0 amide bonds. The lowest BCUT2D eigenvalue weighted by Gasteiger charge is -2.19. The van der Waals surface area contributed by atoms with Gasteiger partial charge in [0, 0.05) is 0 Å². The van der Waals surface area contributed by atoms with Gasteiger partial charge in [0.25, 0.3) is 0 Å². The summed E-state index contributed by atoms with van der Waals surface area (Å²) in [7, 11) is 0. The molecule has 0 saturated heterocycles. The van der Waals surface area contributed by atoms with Crippen molar-refractivity contribution < 1.29 is 28.5 Å². The molecule has 36 heavy (non-hydrogen) atoms. The van der Waals surface area contributed by atoms with Crippen molar-refractivity contribution in [2.45, 2.75) is 18.8 Å². The fraction of sp³-hybridized carbons (Fsp3) is 0.143. The van der Waals surface area contributed by atoms with Crippen LogP contribution in [0.5, 0.6) is 23.0 Å². The summed E-state index contributed by atoms with van der Waals surface area (Å²) >= 11 is 0. The molecular formula is C28H20O8. The Morgan fingerprint density at radius 2 is 1.22 bits per heavy atom. The quantitative estimate of drug-likeness (QED) is 0.347. The van der Waals surface area contributed by atoms with E-state index < -0.39 is 17.2 Å². The predicted octanol–water partition coefficient (Wildman–Crippen LogP) is 4.61. The van der Waals surface area contributed by atoms with E-state index in [-0.39, 0.29) is 53.4 Å². The molecule has 0 aliphatic carbocycles. The third-order valence-corrected chi connectivity index (χ3v) is 6.52. The highest BCUT2D eigenvalue weighted by Crippen LogP contribution is 2.39. The van der Waals surface area contributed by atoms with Crippen molar-refractivity contribution in [3.8, 4) is 23.0 Å².